The average molecular weight is 422 g/mol. The van der Waals surface area contributed by atoms with Crippen LogP contribution in [0.15, 0.2) is 18.2 Å². The molecule has 2 fully saturated rings. The Bertz CT molecular complexity index is 975. The number of benzene rings is 1. The normalized spacial score (nSPS) is 23.1. The molecule has 1 aliphatic carbocycles. The van der Waals surface area contributed by atoms with E-state index in [1.54, 1.807) is 0 Å². The summed E-state index contributed by atoms with van der Waals surface area (Å²) in [6.45, 7) is 11.2. The molecule has 1 aromatic heterocycles. The third kappa shape index (κ3) is 4.52. The molecular formula is C26H35N3O2. The van der Waals surface area contributed by atoms with Crippen LogP contribution in [0.3, 0.4) is 0 Å². The number of hydrogen-bond acceptors (Lipinski definition) is 4. The Labute approximate surface area is 185 Å². The van der Waals surface area contributed by atoms with Crippen molar-refractivity contribution in [1.82, 2.24) is 14.7 Å². The highest BCUT2D eigenvalue weighted by Gasteiger charge is 2.43. The third-order valence-corrected chi connectivity index (χ3v) is 7.29. The van der Waals surface area contributed by atoms with E-state index in [2.05, 4.69) is 35.1 Å². The van der Waals surface area contributed by atoms with Gasteiger partial charge in [-0.2, -0.15) is 5.10 Å². The van der Waals surface area contributed by atoms with Crippen molar-refractivity contribution in [3.63, 3.8) is 0 Å². The summed E-state index contributed by atoms with van der Waals surface area (Å²) >= 11 is 0. The van der Waals surface area contributed by atoms with Crippen LogP contribution in [0.2, 0.25) is 0 Å². The van der Waals surface area contributed by atoms with Crippen LogP contribution in [-0.4, -0.2) is 39.3 Å². The van der Waals surface area contributed by atoms with Crippen molar-refractivity contribution in [3.8, 4) is 0 Å². The lowest BCUT2D eigenvalue weighted by molar-refractivity contribution is -0.125. The maximum absolute atomic E-state index is 13.3. The lowest BCUT2D eigenvalue weighted by Crippen LogP contribution is -2.34. The minimum absolute atomic E-state index is 0.103. The molecule has 0 N–H and O–H groups in total. The molecule has 2 aromatic rings. The lowest BCUT2D eigenvalue weighted by atomic mass is 9.83. The summed E-state index contributed by atoms with van der Waals surface area (Å²) in [5.41, 5.74) is 6.60. The Morgan fingerprint density at radius 2 is 1.65 bits per heavy atom. The summed E-state index contributed by atoms with van der Waals surface area (Å²) in [5, 5.41) is 4.45. The first-order valence-corrected chi connectivity index (χ1v) is 11.6. The van der Waals surface area contributed by atoms with Gasteiger partial charge in [0.15, 0.2) is 5.78 Å². The first-order chi connectivity index (χ1) is 14.7. The number of Topliss-reactive ketones (excluding diaryl/α,β-unsaturated/α-hetero) is 2. The number of aromatic nitrogens is 2. The van der Waals surface area contributed by atoms with E-state index in [1.165, 1.54) is 11.3 Å². The zero-order valence-corrected chi connectivity index (χ0v) is 19.6. The summed E-state index contributed by atoms with van der Waals surface area (Å²) in [6.07, 6.45) is 3.48. The fraction of sp³-hybridized carbons (Fsp3) is 0.577. The molecule has 0 radical (unpaired) electrons. The average Bonchev–Trinajstić information content (AvgIpc) is 3.14. The number of carbonyl (C=O) groups excluding carboxylic acids is 2. The van der Waals surface area contributed by atoms with E-state index >= 15 is 0 Å². The Balaban J connectivity index is 1.36. The second kappa shape index (κ2) is 8.70. The minimum atomic E-state index is -0.543. The van der Waals surface area contributed by atoms with Crippen molar-refractivity contribution in [2.45, 2.75) is 65.8 Å². The topological polar surface area (TPSA) is 55.2 Å². The summed E-state index contributed by atoms with van der Waals surface area (Å²) < 4.78 is 1.97. The van der Waals surface area contributed by atoms with Gasteiger partial charge in [0, 0.05) is 25.9 Å². The van der Waals surface area contributed by atoms with Crippen LogP contribution in [0.4, 0.5) is 0 Å². The van der Waals surface area contributed by atoms with Crippen LogP contribution < -0.4 is 0 Å². The standard InChI is InChI=1S/C26H35N3O2/c1-16-10-17(2)24(18(3)11-16)25-23(30)14-21(26(25)31)13-20-6-8-29(9-7-20)15-22-12-19(4)27-28(22)5/h10-12,20-21,25H,6-9,13-15H2,1-5H3. The van der Waals surface area contributed by atoms with E-state index in [0.29, 0.717) is 12.3 Å². The second-order valence-corrected chi connectivity index (χ2v) is 9.87. The van der Waals surface area contributed by atoms with Crippen LogP contribution in [0.1, 0.15) is 65.2 Å². The van der Waals surface area contributed by atoms with Gasteiger partial charge in [-0.05, 0) is 88.7 Å². The van der Waals surface area contributed by atoms with Crippen molar-refractivity contribution < 1.29 is 9.59 Å². The van der Waals surface area contributed by atoms with Crippen molar-refractivity contribution in [3.05, 3.63) is 51.8 Å². The Kier molecular flexibility index (Phi) is 6.16. The van der Waals surface area contributed by atoms with Gasteiger partial charge >= 0.3 is 0 Å². The Hall–Kier alpha value is -2.27. The minimum Gasteiger partial charge on any atom is -0.298 e. The van der Waals surface area contributed by atoms with Gasteiger partial charge < -0.3 is 0 Å². The number of ketones is 2. The molecule has 166 valence electrons. The monoisotopic (exact) mass is 421 g/mol. The van der Waals surface area contributed by atoms with Crippen LogP contribution in [0, 0.1) is 39.5 Å². The molecule has 1 saturated heterocycles. The molecule has 1 saturated carbocycles. The summed E-state index contributed by atoms with van der Waals surface area (Å²) in [7, 11) is 2.01. The fourth-order valence-electron chi connectivity index (χ4n) is 5.83. The number of piperidine rings is 1. The number of nitrogens with zero attached hydrogens (tertiary/aromatic N) is 3. The van der Waals surface area contributed by atoms with E-state index in [9.17, 15) is 9.59 Å². The first kappa shape index (κ1) is 21.9. The lowest BCUT2D eigenvalue weighted by Gasteiger charge is -2.32. The van der Waals surface area contributed by atoms with E-state index in [1.807, 2.05) is 32.5 Å². The van der Waals surface area contributed by atoms with Gasteiger partial charge in [-0.3, -0.25) is 19.2 Å². The molecule has 31 heavy (non-hydrogen) atoms. The van der Waals surface area contributed by atoms with Gasteiger partial charge in [-0.25, -0.2) is 0 Å². The van der Waals surface area contributed by atoms with E-state index in [0.717, 1.165) is 61.3 Å². The molecular weight excluding hydrogens is 386 g/mol. The number of carbonyl (C=O) groups is 2. The number of hydrogen-bond donors (Lipinski definition) is 0. The van der Waals surface area contributed by atoms with Gasteiger partial charge in [-0.1, -0.05) is 17.7 Å². The summed E-state index contributed by atoms with van der Waals surface area (Å²) in [6, 6.07) is 6.34. The molecule has 0 amide bonds. The second-order valence-electron chi connectivity index (χ2n) is 9.87. The predicted octanol–water partition coefficient (Wildman–Crippen LogP) is 4.20. The molecule has 0 spiro atoms. The molecule has 5 heteroatoms. The van der Waals surface area contributed by atoms with Gasteiger partial charge in [0.2, 0.25) is 0 Å². The highest BCUT2D eigenvalue weighted by atomic mass is 16.2. The Morgan fingerprint density at radius 3 is 2.23 bits per heavy atom. The van der Waals surface area contributed by atoms with Gasteiger partial charge in [-0.15, -0.1) is 0 Å². The van der Waals surface area contributed by atoms with Crippen LogP contribution in [-0.2, 0) is 23.2 Å². The molecule has 1 aromatic carbocycles. The quantitative estimate of drug-likeness (QED) is 0.679. The SMILES string of the molecule is Cc1cc(C)c(C2C(=O)CC(CC3CCN(Cc4cc(C)nn4C)CC3)C2=O)c(C)c1. The maximum atomic E-state index is 13.3. The molecule has 2 unspecified atom stereocenters. The van der Waals surface area contributed by atoms with E-state index in [-0.39, 0.29) is 17.5 Å². The smallest absolute Gasteiger partial charge is 0.151 e. The van der Waals surface area contributed by atoms with Crippen molar-refractivity contribution in [2.75, 3.05) is 13.1 Å². The number of rotatable bonds is 5. The largest absolute Gasteiger partial charge is 0.298 e. The molecule has 5 nitrogen and oxygen atoms in total. The third-order valence-electron chi connectivity index (χ3n) is 7.29. The number of aryl methyl sites for hydroxylation is 5. The summed E-state index contributed by atoms with van der Waals surface area (Å²) in [4.78, 5) is 28.6. The zero-order chi connectivity index (χ0) is 22.3. The fourth-order valence-corrected chi connectivity index (χ4v) is 5.83. The van der Waals surface area contributed by atoms with Gasteiger partial charge in [0.25, 0.3) is 0 Å². The van der Waals surface area contributed by atoms with Crippen molar-refractivity contribution in [2.24, 2.45) is 18.9 Å². The molecule has 2 atom stereocenters. The van der Waals surface area contributed by atoms with Crippen LogP contribution >= 0.6 is 0 Å². The summed E-state index contributed by atoms with van der Waals surface area (Å²) in [5.74, 6) is 0.166. The molecule has 0 bridgehead atoms. The Morgan fingerprint density at radius 1 is 1.00 bits per heavy atom. The van der Waals surface area contributed by atoms with E-state index in [4.69, 9.17) is 0 Å². The highest BCUT2D eigenvalue weighted by Crippen LogP contribution is 2.40. The molecule has 2 aliphatic rings. The van der Waals surface area contributed by atoms with E-state index < -0.39 is 5.92 Å². The molecule has 2 heterocycles. The molecule has 4 rings (SSSR count). The number of likely N-dealkylation sites (tertiary alicyclic amines) is 1. The van der Waals surface area contributed by atoms with Crippen molar-refractivity contribution in [1.29, 1.82) is 0 Å². The highest BCUT2D eigenvalue weighted by molar-refractivity contribution is 6.15. The van der Waals surface area contributed by atoms with Crippen LogP contribution in [0.5, 0.6) is 0 Å². The maximum Gasteiger partial charge on any atom is 0.151 e. The molecule has 1 aliphatic heterocycles. The van der Waals surface area contributed by atoms with Crippen LogP contribution in [0.25, 0.3) is 0 Å². The van der Waals surface area contributed by atoms with Gasteiger partial charge in [0.1, 0.15) is 11.7 Å². The van der Waals surface area contributed by atoms with Gasteiger partial charge in [0.05, 0.1) is 11.4 Å². The first-order valence-electron chi connectivity index (χ1n) is 11.6. The predicted molar refractivity (Wildman–Crippen MR) is 122 cm³/mol. The zero-order valence-electron chi connectivity index (χ0n) is 19.6. The van der Waals surface area contributed by atoms with Crippen molar-refractivity contribution >= 4 is 11.6 Å².